The van der Waals surface area contributed by atoms with Gasteiger partial charge in [-0.2, -0.15) is 0 Å². The molecule has 51 heavy (non-hydrogen) atoms. The molecule has 0 unspecified atom stereocenters. The third-order valence-electron chi connectivity index (χ3n) is 10.2. The Morgan fingerprint density at radius 1 is 1.18 bits per heavy atom. The van der Waals surface area contributed by atoms with Crippen molar-refractivity contribution < 1.29 is 46.3 Å². The molecule has 6 rings (SSSR count). The Kier molecular flexibility index (Phi) is 10.4. The molecule has 276 valence electrons. The lowest BCUT2D eigenvalue weighted by Crippen LogP contribution is -2.58. The van der Waals surface area contributed by atoms with Crippen LogP contribution >= 0.6 is 0 Å². The molecule has 1 aromatic carbocycles. The van der Waals surface area contributed by atoms with Crippen molar-refractivity contribution in [3.05, 3.63) is 53.4 Å². The van der Waals surface area contributed by atoms with Crippen LogP contribution in [-0.2, 0) is 47.0 Å². The second-order valence-corrected chi connectivity index (χ2v) is 15.9. The van der Waals surface area contributed by atoms with Crippen LogP contribution in [0.2, 0.25) is 0 Å². The number of nitrogens with one attached hydrogen (secondary N) is 3. The van der Waals surface area contributed by atoms with E-state index in [4.69, 9.17) is 9.47 Å². The van der Waals surface area contributed by atoms with Crippen LogP contribution in [0.3, 0.4) is 0 Å². The number of nitrogens with zero attached hydrogens (tertiary/aromatic N) is 2. The Balaban J connectivity index is 1.27. The van der Waals surface area contributed by atoms with Gasteiger partial charge >= 0.3 is 12.2 Å². The summed E-state index contributed by atoms with van der Waals surface area (Å²) in [7, 11) is -3.92. The molecule has 16 heteroatoms. The summed E-state index contributed by atoms with van der Waals surface area (Å²) >= 11 is 0. The van der Waals surface area contributed by atoms with Gasteiger partial charge in [0.05, 0.1) is 31.5 Å². The summed E-state index contributed by atoms with van der Waals surface area (Å²) in [6, 6.07) is 0.664. The molecule has 4 bridgehead atoms. The molecule has 3 fully saturated rings. The molecule has 0 radical (unpaired) electrons. The number of ether oxygens (including phenoxy) is 2. The summed E-state index contributed by atoms with van der Waals surface area (Å²) in [5.74, 6) is -3.26. The van der Waals surface area contributed by atoms with Crippen molar-refractivity contribution in [2.45, 2.75) is 107 Å². The number of carbonyl (C=O) groups is 5. The zero-order valence-electron chi connectivity index (χ0n) is 28.5. The number of rotatable bonds is 9. The average Bonchev–Trinajstić information content (AvgIpc) is 3.98. The van der Waals surface area contributed by atoms with Gasteiger partial charge in [-0.1, -0.05) is 44.1 Å². The van der Waals surface area contributed by atoms with E-state index in [9.17, 15) is 36.8 Å². The Morgan fingerprint density at radius 2 is 1.94 bits per heavy atom. The molecular weight excluding hydrogens is 685 g/mol. The van der Waals surface area contributed by atoms with E-state index < -0.39 is 80.6 Å². The zero-order chi connectivity index (χ0) is 36.5. The number of fused-ring (bicyclic) bond motifs is 3. The molecule has 2 saturated carbocycles. The number of hydrogen-bond acceptors (Lipinski definition) is 9. The van der Waals surface area contributed by atoms with Crippen LogP contribution in [0.5, 0.6) is 0 Å². The van der Waals surface area contributed by atoms with E-state index in [0.29, 0.717) is 49.7 Å². The molecule has 0 aromatic heterocycles. The number of benzene rings is 1. The van der Waals surface area contributed by atoms with E-state index in [1.54, 1.807) is 6.07 Å². The maximum Gasteiger partial charge on any atom is 0.410 e. The number of sulfonamides is 1. The largest absolute Gasteiger partial charge is 0.450 e. The third kappa shape index (κ3) is 7.75. The Labute approximate surface area is 296 Å². The van der Waals surface area contributed by atoms with Crippen molar-refractivity contribution in [2.24, 2.45) is 5.92 Å². The van der Waals surface area contributed by atoms with Gasteiger partial charge in [0.25, 0.3) is 5.91 Å². The van der Waals surface area contributed by atoms with Gasteiger partial charge in [-0.3, -0.25) is 24.0 Å². The van der Waals surface area contributed by atoms with Crippen LogP contribution in [0.25, 0.3) is 6.08 Å². The minimum atomic E-state index is -3.92. The van der Waals surface area contributed by atoms with Crippen LogP contribution in [0.4, 0.5) is 14.0 Å². The monoisotopic (exact) mass is 729 g/mol. The van der Waals surface area contributed by atoms with E-state index in [1.807, 2.05) is 19.1 Å². The number of carbonyl (C=O) groups excluding carboxylic acids is 5. The standard InChI is InChI=1S/C35H44FN5O9S/c1-3-5-10-28-31(43)41-18-23(16-29(41)30(42)38-35(17-22(35)4-2)32(44)39-51(47,48)24-12-13-24)50-34(46)40-19-25-21(11-14-27(36)26(25)20-40)9-7-6-8-15-49-33(45)37-28/h4,7,9,11,14,22-24,28-29H,2-3,5-6,8,10,12-13,15-20H2,1H3,(H,37,45)(H,38,42)(H,39,44)/b9-7+/t22-,23+,28-,29-,35+/m0/s1. The summed E-state index contributed by atoms with van der Waals surface area (Å²) in [6.07, 6.45) is 6.03. The average molecular weight is 730 g/mol. The first-order chi connectivity index (χ1) is 24.4. The highest BCUT2D eigenvalue weighted by molar-refractivity contribution is 7.91. The van der Waals surface area contributed by atoms with Gasteiger partial charge in [0.1, 0.15) is 29.5 Å². The van der Waals surface area contributed by atoms with E-state index in [1.165, 1.54) is 21.9 Å². The predicted octanol–water partition coefficient (Wildman–Crippen LogP) is 3.01. The highest BCUT2D eigenvalue weighted by atomic mass is 32.2. The number of amides is 5. The summed E-state index contributed by atoms with van der Waals surface area (Å²) < 4.78 is 53.4. The van der Waals surface area contributed by atoms with Crippen molar-refractivity contribution in [3.63, 3.8) is 0 Å². The SMILES string of the molecule is C=C[C@H]1C[C@]1(NC(=O)[C@@H]1C[C@@H]2CN1C(=O)[C@H](CCCC)NC(=O)OCCC/C=C/c1ccc(F)c3c1CN(C3)C(=O)O2)C(=O)NS(=O)(=O)C1CC1. The lowest BCUT2D eigenvalue weighted by molar-refractivity contribution is -0.141. The molecule has 0 spiro atoms. The molecule has 3 aliphatic heterocycles. The smallest absolute Gasteiger partial charge is 0.410 e. The minimum absolute atomic E-state index is 0.0236. The first-order valence-electron chi connectivity index (χ1n) is 17.5. The van der Waals surface area contributed by atoms with Gasteiger partial charge in [-0.05, 0) is 55.7 Å². The summed E-state index contributed by atoms with van der Waals surface area (Å²) in [4.78, 5) is 70.5. The van der Waals surface area contributed by atoms with Gasteiger partial charge in [-0.15, -0.1) is 6.58 Å². The minimum Gasteiger partial charge on any atom is -0.450 e. The molecule has 1 aromatic rings. The Bertz CT molecular complexity index is 1750. The molecule has 14 nitrogen and oxygen atoms in total. The molecular formula is C35H44FN5O9S. The number of allylic oxidation sites excluding steroid dienone is 1. The second kappa shape index (κ2) is 14.6. The molecule has 2 aliphatic carbocycles. The fraction of sp³-hybridized carbons (Fsp3) is 0.571. The molecule has 1 saturated heterocycles. The first kappa shape index (κ1) is 36.3. The fourth-order valence-electron chi connectivity index (χ4n) is 7.00. The molecule has 5 aliphatic rings. The van der Waals surface area contributed by atoms with E-state index in [-0.39, 0.29) is 45.5 Å². The van der Waals surface area contributed by atoms with Crippen molar-refractivity contribution in [1.82, 2.24) is 25.2 Å². The number of cyclic esters (lactones) is 1. The number of alkyl carbamates (subject to hydrolysis) is 1. The lowest BCUT2D eigenvalue weighted by Gasteiger charge is -2.29. The number of hydrogen-bond donors (Lipinski definition) is 3. The molecule has 3 N–H and O–H groups in total. The van der Waals surface area contributed by atoms with Crippen LogP contribution in [-0.4, -0.2) is 90.3 Å². The van der Waals surface area contributed by atoms with Gasteiger partial charge in [0.15, 0.2) is 0 Å². The zero-order valence-corrected chi connectivity index (χ0v) is 29.3. The maximum absolute atomic E-state index is 14.9. The summed E-state index contributed by atoms with van der Waals surface area (Å²) in [5, 5.41) is 4.67. The van der Waals surface area contributed by atoms with Crippen molar-refractivity contribution >= 4 is 46.0 Å². The van der Waals surface area contributed by atoms with Gasteiger partial charge < -0.3 is 25.0 Å². The number of halogens is 1. The topological polar surface area (TPSA) is 181 Å². The van der Waals surface area contributed by atoms with Crippen LogP contribution < -0.4 is 15.4 Å². The van der Waals surface area contributed by atoms with E-state index >= 15 is 0 Å². The van der Waals surface area contributed by atoms with Crippen LogP contribution in [0.15, 0.2) is 30.9 Å². The summed E-state index contributed by atoms with van der Waals surface area (Å²) in [6.45, 7) is 5.59. The van der Waals surface area contributed by atoms with Crippen LogP contribution in [0.1, 0.15) is 81.4 Å². The highest BCUT2D eigenvalue weighted by Gasteiger charge is 2.62. The molecule has 5 atom stereocenters. The first-order valence-corrected chi connectivity index (χ1v) is 19.1. The highest BCUT2D eigenvalue weighted by Crippen LogP contribution is 2.45. The lowest BCUT2D eigenvalue weighted by atomic mass is 10.0. The molecule has 3 heterocycles. The quantitative estimate of drug-likeness (QED) is 0.322. The fourth-order valence-corrected chi connectivity index (χ4v) is 8.36. The Morgan fingerprint density at radius 3 is 2.65 bits per heavy atom. The van der Waals surface area contributed by atoms with Gasteiger partial charge in [-0.25, -0.2) is 22.4 Å². The second-order valence-electron chi connectivity index (χ2n) is 13.9. The molecule has 5 amide bonds. The van der Waals surface area contributed by atoms with Crippen molar-refractivity contribution in [3.8, 4) is 0 Å². The maximum atomic E-state index is 14.9. The number of unbranched alkanes of at least 4 members (excludes halogenated alkanes) is 1. The third-order valence-corrected chi connectivity index (χ3v) is 12.0. The van der Waals surface area contributed by atoms with E-state index in [2.05, 4.69) is 21.9 Å². The van der Waals surface area contributed by atoms with Crippen molar-refractivity contribution in [1.29, 1.82) is 0 Å². The van der Waals surface area contributed by atoms with Gasteiger partial charge in [0.2, 0.25) is 21.8 Å². The normalized spacial score (nSPS) is 28.7. The summed E-state index contributed by atoms with van der Waals surface area (Å²) in [5.41, 5.74) is 0.157. The van der Waals surface area contributed by atoms with Crippen LogP contribution in [0, 0.1) is 11.7 Å². The van der Waals surface area contributed by atoms with Gasteiger partial charge in [0, 0.05) is 17.9 Å². The Hall–Kier alpha value is -4.47. The van der Waals surface area contributed by atoms with E-state index in [0.717, 1.165) is 5.56 Å². The predicted molar refractivity (Wildman–Crippen MR) is 181 cm³/mol. The van der Waals surface area contributed by atoms with Crippen molar-refractivity contribution in [2.75, 3.05) is 13.2 Å².